The lowest BCUT2D eigenvalue weighted by molar-refractivity contribution is 0.0697. The normalized spacial score (nSPS) is 22.7. The van der Waals surface area contributed by atoms with Crippen molar-refractivity contribution in [2.75, 3.05) is 5.32 Å². The van der Waals surface area contributed by atoms with Crippen LogP contribution < -0.4 is 5.32 Å². The predicted octanol–water partition coefficient (Wildman–Crippen LogP) is 3.37. The highest BCUT2D eigenvalue weighted by atomic mass is 19.1. The quantitative estimate of drug-likeness (QED) is 0.862. The van der Waals surface area contributed by atoms with E-state index >= 15 is 0 Å². The molecule has 0 aromatic heterocycles. The molecule has 0 heterocycles. The molecule has 1 aromatic carbocycles. The molecule has 1 fully saturated rings. The molecule has 0 bridgehead atoms. The van der Waals surface area contributed by atoms with E-state index in [-0.39, 0.29) is 11.6 Å². The monoisotopic (exact) mass is 251 g/mol. The Morgan fingerprint density at radius 1 is 1.44 bits per heavy atom. The number of halogens is 1. The summed E-state index contributed by atoms with van der Waals surface area (Å²) in [4.78, 5) is 10.8. The molecular weight excluding hydrogens is 233 g/mol. The summed E-state index contributed by atoms with van der Waals surface area (Å²) >= 11 is 0. The van der Waals surface area contributed by atoms with Gasteiger partial charge in [0.25, 0.3) is 0 Å². The molecule has 0 aliphatic heterocycles. The maximum Gasteiger partial charge on any atom is 0.335 e. The van der Waals surface area contributed by atoms with Crippen LogP contribution in [-0.2, 0) is 0 Å². The molecule has 3 nitrogen and oxygen atoms in total. The number of carbonyl (C=O) groups is 1. The maximum atomic E-state index is 13.6. The molecule has 18 heavy (non-hydrogen) atoms. The summed E-state index contributed by atoms with van der Waals surface area (Å²) in [6.07, 6.45) is 2.04. The van der Waals surface area contributed by atoms with Gasteiger partial charge in [-0.05, 0) is 42.9 Å². The molecule has 1 aliphatic rings. The lowest BCUT2D eigenvalue weighted by Crippen LogP contribution is -2.38. The summed E-state index contributed by atoms with van der Waals surface area (Å²) in [7, 11) is 0. The lowest BCUT2D eigenvalue weighted by Gasteiger charge is -2.39. The van der Waals surface area contributed by atoms with Crippen LogP contribution in [0.25, 0.3) is 0 Å². The molecule has 2 N–H and O–H groups in total. The number of aromatic carboxylic acids is 1. The van der Waals surface area contributed by atoms with Crippen molar-refractivity contribution in [1.82, 2.24) is 0 Å². The third-order valence-electron chi connectivity index (χ3n) is 3.69. The fourth-order valence-corrected chi connectivity index (χ4v) is 2.31. The summed E-state index contributed by atoms with van der Waals surface area (Å²) in [5.41, 5.74) is 0.403. The Kier molecular flexibility index (Phi) is 3.55. The second kappa shape index (κ2) is 4.96. The molecule has 1 saturated carbocycles. The Hall–Kier alpha value is -1.58. The number of carboxylic acid groups (broad SMARTS) is 1. The van der Waals surface area contributed by atoms with Crippen molar-refractivity contribution in [2.45, 2.75) is 32.7 Å². The van der Waals surface area contributed by atoms with Crippen molar-refractivity contribution in [1.29, 1.82) is 0 Å². The van der Waals surface area contributed by atoms with Crippen molar-refractivity contribution in [3.8, 4) is 0 Å². The van der Waals surface area contributed by atoms with E-state index in [0.717, 1.165) is 12.8 Å². The molecule has 0 radical (unpaired) electrons. The average molecular weight is 251 g/mol. The van der Waals surface area contributed by atoms with Gasteiger partial charge in [0.15, 0.2) is 0 Å². The molecule has 0 saturated heterocycles. The zero-order valence-corrected chi connectivity index (χ0v) is 10.6. The van der Waals surface area contributed by atoms with Crippen molar-refractivity contribution >= 4 is 11.7 Å². The van der Waals surface area contributed by atoms with E-state index in [2.05, 4.69) is 19.2 Å². The van der Waals surface area contributed by atoms with Crippen molar-refractivity contribution in [3.05, 3.63) is 29.6 Å². The molecule has 98 valence electrons. The first-order chi connectivity index (χ1) is 8.47. The van der Waals surface area contributed by atoms with Crippen LogP contribution in [-0.4, -0.2) is 17.1 Å². The molecule has 0 unspecified atom stereocenters. The Morgan fingerprint density at radius 2 is 2.11 bits per heavy atom. The minimum absolute atomic E-state index is 0.110. The summed E-state index contributed by atoms with van der Waals surface area (Å²) in [6, 6.07) is 4.10. The first-order valence-corrected chi connectivity index (χ1v) is 6.26. The summed E-state index contributed by atoms with van der Waals surface area (Å²) in [6.45, 7) is 4.37. The molecule has 1 aliphatic carbocycles. The topological polar surface area (TPSA) is 49.3 Å². The summed E-state index contributed by atoms with van der Waals surface area (Å²) in [5, 5.41) is 12.0. The number of rotatable bonds is 4. The highest BCUT2D eigenvalue weighted by Gasteiger charge is 2.31. The summed E-state index contributed by atoms with van der Waals surface area (Å²) in [5.74, 6) is -0.0915. The van der Waals surface area contributed by atoms with E-state index in [0.29, 0.717) is 17.5 Å². The molecule has 1 aromatic rings. The molecule has 0 atom stereocenters. The zero-order valence-electron chi connectivity index (χ0n) is 10.6. The van der Waals surface area contributed by atoms with Crippen LogP contribution in [0.3, 0.4) is 0 Å². The molecule has 0 spiro atoms. The van der Waals surface area contributed by atoms with E-state index in [1.807, 2.05) is 0 Å². The zero-order chi connectivity index (χ0) is 13.3. The van der Waals surface area contributed by atoms with Gasteiger partial charge in [-0.1, -0.05) is 13.8 Å². The van der Waals surface area contributed by atoms with Gasteiger partial charge in [-0.15, -0.1) is 0 Å². The van der Waals surface area contributed by atoms with Gasteiger partial charge in [0.05, 0.1) is 11.3 Å². The van der Waals surface area contributed by atoms with E-state index in [9.17, 15) is 9.18 Å². The number of hydrogen-bond donors (Lipinski definition) is 2. The van der Waals surface area contributed by atoms with Crippen LogP contribution in [0.4, 0.5) is 10.1 Å². The first-order valence-electron chi connectivity index (χ1n) is 6.26. The fraction of sp³-hybridized carbons (Fsp3) is 0.500. The smallest absolute Gasteiger partial charge is 0.335 e. The second-order valence-electron chi connectivity index (χ2n) is 5.32. The first kappa shape index (κ1) is 12.9. The lowest BCUT2D eigenvalue weighted by atomic mass is 9.73. The number of benzene rings is 1. The Bertz CT molecular complexity index is 453. The van der Waals surface area contributed by atoms with Crippen LogP contribution in [0.2, 0.25) is 0 Å². The van der Waals surface area contributed by atoms with Gasteiger partial charge >= 0.3 is 5.97 Å². The van der Waals surface area contributed by atoms with E-state index in [4.69, 9.17) is 5.11 Å². The Morgan fingerprint density at radius 3 is 2.67 bits per heavy atom. The number of carboxylic acids is 1. The van der Waals surface area contributed by atoms with Crippen LogP contribution in [0.1, 0.15) is 37.0 Å². The Labute approximate surface area is 106 Å². The summed E-state index contributed by atoms with van der Waals surface area (Å²) < 4.78 is 13.6. The van der Waals surface area contributed by atoms with E-state index < -0.39 is 11.8 Å². The van der Waals surface area contributed by atoms with E-state index in [1.54, 1.807) is 0 Å². The number of anilines is 1. The van der Waals surface area contributed by atoms with Gasteiger partial charge in [0, 0.05) is 6.04 Å². The highest BCUT2D eigenvalue weighted by molar-refractivity contribution is 5.88. The predicted molar refractivity (Wildman–Crippen MR) is 68.3 cm³/mol. The van der Waals surface area contributed by atoms with Gasteiger partial charge in [0.1, 0.15) is 5.82 Å². The molecular formula is C14H18FNO2. The van der Waals surface area contributed by atoms with Crippen LogP contribution in [0.5, 0.6) is 0 Å². The molecule has 0 amide bonds. The van der Waals surface area contributed by atoms with Gasteiger partial charge in [-0.2, -0.15) is 0 Å². The average Bonchev–Trinajstić information content (AvgIpc) is 2.23. The van der Waals surface area contributed by atoms with Gasteiger partial charge in [-0.25, -0.2) is 9.18 Å². The van der Waals surface area contributed by atoms with Crippen molar-refractivity contribution in [3.63, 3.8) is 0 Å². The maximum absolute atomic E-state index is 13.6. The third kappa shape index (κ3) is 2.63. The van der Waals surface area contributed by atoms with Gasteiger partial charge < -0.3 is 10.4 Å². The highest BCUT2D eigenvalue weighted by Crippen LogP contribution is 2.35. The van der Waals surface area contributed by atoms with Crippen LogP contribution >= 0.6 is 0 Å². The SMILES string of the molecule is CC(C)C1CC(Nc2cc(C(=O)O)ccc2F)C1. The van der Waals surface area contributed by atoms with Crippen LogP contribution in [0, 0.1) is 17.7 Å². The third-order valence-corrected chi connectivity index (χ3v) is 3.69. The van der Waals surface area contributed by atoms with Crippen molar-refractivity contribution in [2.24, 2.45) is 11.8 Å². The standard InChI is InChI=1S/C14H18FNO2/c1-8(2)10-5-11(6-10)16-13-7-9(14(17)18)3-4-12(13)15/h3-4,7-8,10-11,16H,5-6H2,1-2H3,(H,17,18). The van der Waals surface area contributed by atoms with Crippen molar-refractivity contribution < 1.29 is 14.3 Å². The largest absolute Gasteiger partial charge is 0.478 e. The number of hydrogen-bond acceptors (Lipinski definition) is 2. The minimum Gasteiger partial charge on any atom is -0.478 e. The van der Waals surface area contributed by atoms with Gasteiger partial charge in [-0.3, -0.25) is 0 Å². The fourth-order valence-electron chi connectivity index (χ4n) is 2.31. The van der Waals surface area contributed by atoms with E-state index in [1.165, 1.54) is 18.2 Å². The second-order valence-corrected chi connectivity index (χ2v) is 5.32. The Balaban J connectivity index is 2.02. The minimum atomic E-state index is -1.04. The van der Waals surface area contributed by atoms with Crippen LogP contribution in [0.15, 0.2) is 18.2 Å². The molecule has 4 heteroatoms. The number of nitrogens with one attached hydrogen (secondary N) is 1. The van der Waals surface area contributed by atoms with Gasteiger partial charge in [0.2, 0.25) is 0 Å². The molecule has 2 rings (SSSR count).